The molecule has 0 aliphatic heterocycles. The van der Waals surface area contributed by atoms with Crippen LogP contribution in [0.2, 0.25) is 0 Å². The Morgan fingerprint density at radius 1 is 1.43 bits per heavy atom. The quantitative estimate of drug-likeness (QED) is 0.787. The second-order valence-electron chi connectivity index (χ2n) is 4.55. The van der Waals surface area contributed by atoms with E-state index < -0.39 is 0 Å². The number of tetrazole rings is 1. The summed E-state index contributed by atoms with van der Waals surface area (Å²) in [7, 11) is 0. The van der Waals surface area contributed by atoms with E-state index in [1.807, 2.05) is 6.92 Å². The van der Waals surface area contributed by atoms with Gasteiger partial charge in [0.05, 0.1) is 22.8 Å². The summed E-state index contributed by atoms with van der Waals surface area (Å²) in [5.74, 6) is -0.154. The summed E-state index contributed by atoms with van der Waals surface area (Å²) < 4.78 is 1.47. The van der Waals surface area contributed by atoms with E-state index in [9.17, 15) is 4.79 Å². The molecule has 0 saturated carbocycles. The van der Waals surface area contributed by atoms with Crippen LogP contribution in [0.25, 0.3) is 5.65 Å². The van der Waals surface area contributed by atoms with Crippen molar-refractivity contribution in [1.82, 2.24) is 30.3 Å². The average molecular weight is 302 g/mol. The van der Waals surface area contributed by atoms with Gasteiger partial charge in [-0.15, -0.1) is 16.4 Å². The Morgan fingerprint density at radius 2 is 2.29 bits per heavy atom. The van der Waals surface area contributed by atoms with Crippen LogP contribution in [0.5, 0.6) is 0 Å². The van der Waals surface area contributed by atoms with Crippen molar-refractivity contribution < 1.29 is 4.79 Å². The number of pyridine rings is 1. The Kier molecular flexibility index (Phi) is 3.61. The molecule has 3 heterocycles. The molecule has 1 amide bonds. The van der Waals surface area contributed by atoms with Crippen molar-refractivity contribution in [3.05, 3.63) is 39.5 Å². The molecule has 0 spiro atoms. The number of hydrogen-bond acceptors (Lipinski definition) is 6. The highest BCUT2D eigenvalue weighted by molar-refractivity contribution is 7.11. The van der Waals surface area contributed by atoms with Crippen LogP contribution in [0.4, 0.5) is 0 Å². The molecule has 0 atom stereocenters. The van der Waals surface area contributed by atoms with E-state index in [2.05, 4.69) is 32.7 Å². The summed E-state index contributed by atoms with van der Waals surface area (Å²) in [6, 6.07) is 3.42. The Labute approximate surface area is 125 Å². The number of hydrogen-bond donors (Lipinski definition) is 1. The first-order chi connectivity index (χ1) is 10.2. The maximum absolute atomic E-state index is 12.2. The van der Waals surface area contributed by atoms with E-state index in [0.29, 0.717) is 17.8 Å². The van der Waals surface area contributed by atoms with Gasteiger partial charge in [-0.25, -0.2) is 4.98 Å². The third kappa shape index (κ3) is 2.75. The maximum atomic E-state index is 12.2. The zero-order valence-electron chi connectivity index (χ0n) is 11.7. The number of carbonyl (C=O) groups is 1. The molecule has 1 N–H and O–H groups in total. The first kappa shape index (κ1) is 13.6. The predicted molar refractivity (Wildman–Crippen MR) is 78.2 cm³/mol. The highest BCUT2D eigenvalue weighted by atomic mass is 32.1. The lowest BCUT2D eigenvalue weighted by Crippen LogP contribution is -2.23. The molecule has 0 bridgehead atoms. The molecule has 0 aromatic carbocycles. The van der Waals surface area contributed by atoms with Crippen LogP contribution in [0.15, 0.2) is 18.3 Å². The number of rotatable bonds is 4. The Bertz CT molecular complexity index is 793. The van der Waals surface area contributed by atoms with Gasteiger partial charge in [-0.1, -0.05) is 6.92 Å². The molecule has 3 aromatic heterocycles. The Balaban J connectivity index is 1.72. The average Bonchev–Trinajstić information content (AvgIpc) is 3.10. The van der Waals surface area contributed by atoms with E-state index in [0.717, 1.165) is 22.0 Å². The lowest BCUT2D eigenvalue weighted by atomic mass is 10.2. The van der Waals surface area contributed by atoms with Gasteiger partial charge in [0.25, 0.3) is 5.91 Å². The number of fused-ring (bicyclic) bond motifs is 1. The van der Waals surface area contributed by atoms with Crippen LogP contribution in [-0.2, 0) is 13.0 Å². The van der Waals surface area contributed by atoms with Crippen molar-refractivity contribution in [2.24, 2.45) is 0 Å². The highest BCUT2D eigenvalue weighted by Crippen LogP contribution is 2.18. The molecule has 0 radical (unpaired) electrons. The first-order valence-electron chi connectivity index (χ1n) is 6.58. The van der Waals surface area contributed by atoms with Crippen molar-refractivity contribution in [1.29, 1.82) is 0 Å². The normalized spacial score (nSPS) is 11.0. The second-order valence-corrected chi connectivity index (χ2v) is 5.72. The molecule has 0 unspecified atom stereocenters. The summed E-state index contributed by atoms with van der Waals surface area (Å²) in [5, 5.41) is 15.1. The molecule has 3 rings (SSSR count). The Morgan fingerprint density at radius 3 is 3.05 bits per heavy atom. The predicted octanol–water partition coefficient (Wildman–Crippen LogP) is 1.38. The fourth-order valence-corrected chi connectivity index (χ4v) is 2.89. The van der Waals surface area contributed by atoms with Crippen LogP contribution < -0.4 is 5.32 Å². The number of nitrogens with one attached hydrogen (secondary N) is 1. The van der Waals surface area contributed by atoms with E-state index in [4.69, 9.17) is 0 Å². The van der Waals surface area contributed by atoms with Crippen LogP contribution in [0.1, 0.15) is 32.9 Å². The summed E-state index contributed by atoms with van der Waals surface area (Å²) in [4.78, 5) is 17.7. The zero-order chi connectivity index (χ0) is 14.8. The smallest absolute Gasteiger partial charge is 0.253 e. The molecule has 21 heavy (non-hydrogen) atoms. The Hall–Kier alpha value is -2.35. The van der Waals surface area contributed by atoms with E-state index in [-0.39, 0.29) is 5.91 Å². The summed E-state index contributed by atoms with van der Waals surface area (Å²) >= 11 is 1.64. The first-order valence-corrected chi connectivity index (χ1v) is 7.40. The molecule has 108 valence electrons. The van der Waals surface area contributed by atoms with Gasteiger partial charge < -0.3 is 5.32 Å². The molecule has 8 heteroatoms. The molecule has 3 aromatic rings. The van der Waals surface area contributed by atoms with Crippen LogP contribution in [0.3, 0.4) is 0 Å². The molecular formula is C13H14N6OS. The fraction of sp³-hybridized carbons (Fsp3) is 0.308. The van der Waals surface area contributed by atoms with E-state index in [1.54, 1.807) is 29.7 Å². The maximum Gasteiger partial charge on any atom is 0.253 e. The van der Waals surface area contributed by atoms with Crippen molar-refractivity contribution >= 4 is 22.9 Å². The third-order valence-corrected chi connectivity index (χ3v) is 4.40. The number of amides is 1. The van der Waals surface area contributed by atoms with Crippen LogP contribution >= 0.6 is 11.3 Å². The van der Waals surface area contributed by atoms with E-state index >= 15 is 0 Å². The van der Waals surface area contributed by atoms with Crippen LogP contribution in [0, 0.1) is 6.92 Å². The van der Waals surface area contributed by atoms with Crippen molar-refractivity contribution in [2.45, 2.75) is 26.8 Å². The molecule has 7 nitrogen and oxygen atoms in total. The number of aromatic nitrogens is 5. The zero-order valence-corrected chi connectivity index (χ0v) is 12.5. The van der Waals surface area contributed by atoms with Crippen molar-refractivity contribution in [3.8, 4) is 0 Å². The largest absolute Gasteiger partial charge is 0.347 e. The SMILES string of the molecule is CCc1nc(C)c(CNC(=O)c2ccc3nnnn3c2)s1. The lowest BCUT2D eigenvalue weighted by Gasteiger charge is -2.04. The minimum Gasteiger partial charge on any atom is -0.347 e. The van der Waals surface area contributed by atoms with Gasteiger partial charge in [0.15, 0.2) is 5.65 Å². The molecule has 0 saturated heterocycles. The third-order valence-electron chi connectivity index (χ3n) is 3.10. The summed E-state index contributed by atoms with van der Waals surface area (Å²) in [6.45, 7) is 4.52. The number of nitrogens with zero attached hydrogens (tertiary/aromatic N) is 5. The van der Waals surface area contributed by atoms with Gasteiger partial charge in [0, 0.05) is 11.1 Å². The minimum atomic E-state index is -0.154. The molecular weight excluding hydrogens is 288 g/mol. The van der Waals surface area contributed by atoms with Crippen molar-refractivity contribution in [3.63, 3.8) is 0 Å². The number of aryl methyl sites for hydroxylation is 2. The van der Waals surface area contributed by atoms with E-state index in [1.165, 1.54) is 4.52 Å². The van der Waals surface area contributed by atoms with Gasteiger partial charge in [-0.3, -0.25) is 4.79 Å². The monoisotopic (exact) mass is 302 g/mol. The van der Waals surface area contributed by atoms with Gasteiger partial charge in [-0.05, 0) is 35.9 Å². The minimum absolute atomic E-state index is 0.154. The number of thiazole rings is 1. The van der Waals surface area contributed by atoms with Gasteiger partial charge in [-0.2, -0.15) is 4.52 Å². The van der Waals surface area contributed by atoms with Gasteiger partial charge in [0.2, 0.25) is 0 Å². The molecule has 0 aliphatic rings. The van der Waals surface area contributed by atoms with Gasteiger partial charge >= 0.3 is 0 Å². The summed E-state index contributed by atoms with van der Waals surface area (Å²) in [5.41, 5.74) is 2.11. The summed E-state index contributed by atoms with van der Waals surface area (Å²) in [6.07, 6.45) is 2.52. The molecule has 0 fully saturated rings. The van der Waals surface area contributed by atoms with Crippen molar-refractivity contribution in [2.75, 3.05) is 0 Å². The fourth-order valence-electron chi connectivity index (χ4n) is 1.94. The highest BCUT2D eigenvalue weighted by Gasteiger charge is 2.10. The second kappa shape index (κ2) is 5.57. The van der Waals surface area contributed by atoms with Crippen LogP contribution in [-0.4, -0.2) is 30.9 Å². The number of carbonyl (C=O) groups excluding carboxylic acids is 1. The van der Waals surface area contributed by atoms with Gasteiger partial charge in [0.1, 0.15) is 0 Å². The standard InChI is InChI=1S/C13H14N6OS/c1-3-12-15-8(2)10(21-12)6-14-13(20)9-4-5-11-16-17-18-19(11)7-9/h4-5,7H,3,6H2,1-2H3,(H,14,20). The topological polar surface area (TPSA) is 85.1 Å². The lowest BCUT2D eigenvalue weighted by molar-refractivity contribution is 0.0950. The molecule has 0 aliphatic carbocycles.